The van der Waals surface area contributed by atoms with Crippen molar-refractivity contribution in [2.75, 3.05) is 17.7 Å². The molecule has 0 saturated carbocycles. The molecule has 0 unspecified atom stereocenters. The molecule has 0 aliphatic heterocycles. The number of ether oxygens (including phenoxy) is 1. The normalized spacial score (nSPS) is 10.5. The SMILES string of the molecule is CCOC(=O)C(=O)Nc1ccc(-c2ccc3nc(N)sc3n2)cc1. The molecule has 122 valence electrons. The molecular weight excluding hydrogens is 328 g/mol. The number of carbonyl (C=O) groups excluding carboxylic acids is 2. The zero-order valence-electron chi connectivity index (χ0n) is 12.8. The van der Waals surface area contributed by atoms with Crippen molar-refractivity contribution in [3.05, 3.63) is 36.4 Å². The lowest BCUT2D eigenvalue weighted by atomic mass is 10.1. The molecule has 0 bridgehead atoms. The van der Waals surface area contributed by atoms with E-state index in [-0.39, 0.29) is 6.61 Å². The maximum atomic E-state index is 11.6. The Morgan fingerprint density at radius 3 is 2.62 bits per heavy atom. The minimum absolute atomic E-state index is 0.154. The molecule has 0 aliphatic rings. The van der Waals surface area contributed by atoms with Crippen LogP contribution in [0.25, 0.3) is 21.6 Å². The summed E-state index contributed by atoms with van der Waals surface area (Å²) < 4.78 is 4.64. The van der Waals surface area contributed by atoms with Crippen LogP contribution in [0.2, 0.25) is 0 Å². The standard InChI is InChI=1S/C16H14N4O3S/c1-2-23-15(22)13(21)18-10-5-3-9(4-6-10)11-7-8-12-14(19-11)24-16(17)20-12/h3-8H,2H2,1H3,(H2,17,20)(H,18,21). The highest BCUT2D eigenvalue weighted by Gasteiger charge is 2.14. The lowest BCUT2D eigenvalue weighted by Crippen LogP contribution is -2.24. The number of esters is 1. The number of rotatable bonds is 3. The smallest absolute Gasteiger partial charge is 0.397 e. The molecule has 0 aliphatic carbocycles. The summed E-state index contributed by atoms with van der Waals surface area (Å²) in [6.45, 7) is 1.79. The van der Waals surface area contributed by atoms with E-state index in [0.29, 0.717) is 10.8 Å². The average Bonchev–Trinajstić information content (AvgIpc) is 2.94. The summed E-state index contributed by atoms with van der Waals surface area (Å²) >= 11 is 1.33. The molecule has 2 heterocycles. The summed E-state index contributed by atoms with van der Waals surface area (Å²) in [7, 11) is 0. The van der Waals surface area contributed by atoms with Gasteiger partial charge in [-0.2, -0.15) is 0 Å². The zero-order chi connectivity index (χ0) is 17.1. The second-order valence-corrected chi connectivity index (χ2v) is 5.83. The first-order valence-corrected chi connectivity index (χ1v) is 8.00. The first kappa shape index (κ1) is 15.9. The fraction of sp³-hybridized carbons (Fsp3) is 0.125. The summed E-state index contributed by atoms with van der Waals surface area (Å²) in [6.07, 6.45) is 0. The van der Waals surface area contributed by atoms with Gasteiger partial charge in [0.25, 0.3) is 0 Å². The number of hydrogen-bond donors (Lipinski definition) is 2. The lowest BCUT2D eigenvalue weighted by molar-refractivity contribution is -0.152. The highest BCUT2D eigenvalue weighted by Crippen LogP contribution is 2.26. The fourth-order valence-electron chi connectivity index (χ4n) is 2.10. The van der Waals surface area contributed by atoms with Crippen LogP contribution in [0.3, 0.4) is 0 Å². The van der Waals surface area contributed by atoms with Gasteiger partial charge in [0.1, 0.15) is 10.3 Å². The Kier molecular flexibility index (Phi) is 4.39. The minimum Gasteiger partial charge on any atom is -0.459 e. The third-order valence-electron chi connectivity index (χ3n) is 3.17. The van der Waals surface area contributed by atoms with Crippen molar-refractivity contribution < 1.29 is 14.3 Å². The number of nitrogens with zero attached hydrogens (tertiary/aromatic N) is 2. The topological polar surface area (TPSA) is 107 Å². The van der Waals surface area contributed by atoms with Crippen molar-refractivity contribution in [3.8, 4) is 11.3 Å². The molecule has 8 heteroatoms. The Morgan fingerprint density at radius 1 is 1.17 bits per heavy atom. The van der Waals surface area contributed by atoms with Crippen LogP contribution in [0.5, 0.6) is 0 Å². The van der Waals surface area contributed by atoms with Gasteiger partial charge in [-0.1, -0.05) is 23.5 Å². The number of carbonyl (C=O) groups is 2. The summed E-state index contributed by atoms with van der Waals surface area (Å²) in [5, 5.41) is 2.96. The molecule has 3 rings (SSSR count). The first-order valence-electron chi connectivity index (χ1n) is 7.18. The van der Waals surface area contributed by atoms with Crippen molar-refractivity contribution in [1.29, 1.82) is 0 Å². The number of aromatic nitrogens is 2. The molecule has 1 aromatic carbocycles. The van der Waals surface area contributed by atoms with Crippen LogP contribution in [0, 0.1) is 0 Å². The number of nitrogens with one attached hydrogen (secondary N) is 1. The molecule has 0 saturated heterocycles. The number of amides is 1. The highest BCUT2D eigenvalue weighted by atomic mass is 32.1. The number of fused-ring (bicyclic) bond motifs is 1. The Morgan fingerprint density at radius 2 is 1.92 bits per heavy atom. The number of anilines is 2. The Balaban J connectivity index is 1.78. The molecule has 24 heavy (non-hydrogen) atoms. The van der Waals surface area contributed by atoms with Gasteiger partial charge < -0.3 is 15.8 Å². The lowest BCUT2D eigenvalue weighted by Gasteiger charge is -2.06. The predicted molar refractivity (Wildman–Crippen MR) is 92.5 cm³/mol. The number of thiazole rings is 1. The van der Waals surface area contributed by atoms with Crippen LogP contribution in [0.4, 0.5) is 10.8 Å². The molecule has 0 spiro atoms. The van der Waals surface area contributed by atoms with Crippen LogP contribution >= 0.6 is 11.3 Å². The minimum atomic E-state index is -0.906. The van der Waals surface area contributed by atoms with E-state index in [9.17, 15) is 9.59 Å². The van der Waals surface area contributed by atoms with Crippen molar-refractivity contribution in [2.45, 2.75) is 6.92 Å². The van der Waals surface area contributed by atoms with Gasteiger partial charge in [0, 0.05) is 11.3 Å². The first-order chi connectivity index (χ1) is 11.6. The maximum absolute atomic E-state index is 11.6. The van der Waals surface area contributed by atoms with Gasteiger partial charge in [-0.05, 0) is 31.2 Å². The second kappa shape index (κ2) is 6.63. The summed E-state index contributed by atoms with van der Waals surface area (Å²) in [5.74, 6) is -1.71. The molecule has 3 N–H and O–H groups in total. The molecule has 0 radical (unpaired) electrons. The Labute approximate surface area is 141 Å². The second-order valence-electron chi connectivity index (χ2n) is 4.82. The molecule has 7 nitrogen and oxygen atoms in total. The maximum Gasteiger partial charge on any atom is 0.397 e. The third kappa shape index (κ3) is 3.33. The number of nitrogens with two attached hydrogens (primary N) is 1. The zero-order valence-corrected chi connectivity index (χ0v) is 13.6. The van der Waals surface area contributed by atoms with Gasteiger partial charge in [-0.25, -0.2) is 14.8 Å². The van der Waals surface area contributed by atoms with E-state index in [1.807, 2.05) is 12.1 Å². The van der Waals surface area contributed by atoms with Crippen molar-refractivity contribution in [3.63, 3.8) is 0 Å². The van der Waals surface area contributed by atoms with Crippen LogP contribution < -0.4 is 11.1 Å². The summed E-state index contributed by atoms with van der Waals surface area (Å²) in [4.78, 5) is 32.4. The monoisotopic (exact) mass is 342 g/mol. The van der Waals surface area contributed by atoms with Gasteiger partial charge in [-0.3, -0.25) is 4.79 Å². The van der Waals surface area contributed by atoms with E-state index in [2.05, 4.69) is 20.0 Å². The Bertz CT molecular complexity index is 905. The van der Waals surface area contributed by atoms with Gasteiger partial charge in [0.05, 0.1) is 12.3 Å². The van der Waals surface area contributed by atoms with Crippen LogP contribution in [-0.2, 0) is 14.3 Å². The fourth-order valence-corrected chi connectivity index (χ4v) is 2.80. The van der Waals surface area contributed by atoms with Crippen LogP contribution in [-0.4, -0.2) is 28.5 Å². The van der Waals surface area contributed by atoms with E-state index >= 15 is 0 Å². The van der Waals surface area contributed by atoms with Crippen LogP contribution in [0.15, 0.2) is 36.4 Å². The summed E-state index contributed by atoms with van der Waals surface area (Å²) in [6, 6.07) is 10.7. The summed E-state index contributed by atoms with van der Waals surface area (Å²) in [5.41, 5.74) is 8.59. The van der Waals surface area contributed by atoms with Crippen LogP contribution in [0.1, 0.15) is 6.92 Å². The number of benzene rings is 1. The third-order valence-corrected chi connectivity index (χ3v) is 3.97. The van der Waals surface area contributed by atoms with Crippen molar-refractivity contribution in [1.82, 2.24) is 9.97 Å². The molecule has 0 fully saturated rings. The van der Waals surface area contributed by atoms with Crippen molar-refractivity contribution in [2.24, 2.45) is 0 Å². The highest BCUT2D eigenvalue weighted by molar-refractivity contribution is 7.21. The van der Waals surface area contributed by atoms with Crippen molar-refractivity contribution >= 4 is 44.4 Å². The number of nitrogen functional groups attached to an aromatic ring is 1. The number of pyridine rings is 1. The van der Waals surface area contributed by atoms with E-state index in [1.165, 1.54) is 11.3 Å². The quantitative estimate of drug-likeness (QED) is 0.559. The number of hydrogen-bond acceptors (Lipinski definition) is 7. The van der Waals surface area contributed by atoms with Gasteiger partial charge >= 0.3 is 11.9 Å². The molecule has 3 aromatic rings. The average molecular weight is 342 g/mol. The Hall–Kier alpha value is -3.00. The predicted octanol–water partition coefficient (Wildman–Crippen LogP) is 2.44. The molecule has 1 amide bonds. The van der Waals surface area contributed by atoms with E-state index < -0.39 is 11.9 Å². The molecular formula is C16H14N4O3S. The van der Waals surface area contributed by atoms with Gasteiger partial charge in [0.2, 0.25) is 0 Å². The molecule has 0 atom stereocenters. The van der Waals surface area contributed by atoms with E-state index in [4.69, 9.17) is 5.73 Å². The largest absolute Gasteiger partial charge is 0.459 e. The van der Waals surface area contributed by atoms with E-state index in [0.717, 1.165) is 21.6 Å². The van der Waals surface area contributed by atoms with E-state index in [1.54, 1.807) is 31.2 Å². The molecule has 2 aromatic heterocycles. The van der Waals surface area contributed by atoms with Gasteiger partial charge in [-0.15, -0.1) is 0 Å². The van der Waals surface area contributed by atoms with Gasteiger partial charge in [0.15, 0.2) is 5.13 Å².